The standard InChI is InChI=1S/C31H38N4O7S2/c1-43(38,39)32-25-12-10-24(11-13-25)18-21-34(22-23-42-27-16-14-26(15-17-27)33-44(2,40)41)19-6-3-7-20-35-30(36)28-8-4-5-9-29(28)31(35)37/h4-5,8-17,32-33H,3,6-7,18-23H2,1-2H3. The number of nitrogens with zero attached hydrogens (tertiary/aromatic N) is 2. The van der Waals surface area contributed by atoms with E-state index in [-0.39, 0.29) is 11.8 Å². The van der Waals surface area contributed by atoms with Crippen molar-refractivity contribution in [1.29, 1.82) is 0 Å². The van der Waals surface area contributed by atoms with Gasteiger partial charge in [0.25, 0.3) is 11.8 Å². The third-order valence-corrected chi connectivity index (χ3v) is 8.25. The fourth-order valence-corrected chi connectivity index (χ4v) is 6.05. The number of hydrogen-bond acceptors (Lipinski definition) is 8. The number of ether oxygens (including phenoxy) is 1. The third-order valence-electron chi connectivity index (χ3n) is 7.04. The van der Waals surface area contributed by atoms with E-state index in [1.54, 1.807) is 60.7 Å². The van der Waals surface area contributed by atoms with E-state index in [4.69, 9.17) is 4.74 Å². The zero-order chi connectivity index (χ0) is 31.7. The van der Waals surface area contributed by atoms with Gasteiger partial charge < -0.3 is 4.74 Å². The van der Waals surface area contributed by atoms with Crippen molar-refractivity contribution in [3.63, 3.8) is 0 Å². The molecule has 1 heterocycles. The summed E-state index contributed by atoms with van der Waals surface area (Å²) in [5, 5.41) is 0. The molecule has 2 amide bonds. The second-order valence-corrected chi connectivity index (χ2v) is 14.3. The van der Waals surface area contributed by atoms with E-state index in [1.807, 2.05) is 12.1 Å². The quantitative estimate of drug-likeness (QED) is 0.167. The topological polar surface area (TPSA) is 142 Å². The molecule has 0 atom stereocenters. The smallest absolute Gasteiger partial charge is 0.261 e. The number of anilines is 2. The number of rotatable bonds is 17. The van der Waals surface area contributed by atoms with Crippen LogP contribution in [0.4, 0.5) is 11.4 Å². The van der Waals surface area contributed by atoms with Crippen molar-refractivity contribution in [3.8, 4) is 5.75 Å². The largest absolute Gasteiger partial charge is 0.492 e. The molecule has 0 spiro atoms. The summed E-state index contributed by atoms with van der Waals surface area (Å²) < 4.78 is 56.6. The highest BCUT2D eigenvalue weighted by Gasteiger charge is 2.34. The summed E-state index contributed by atoms with van der Waals surface area (Å²) in [6.45, 7) is 2.99. The van der Waals surface area contributed by atoms with Gasteiger partial charge in [-0.1, -0.05) is 30.7 Å². The Hall–Kier alpha value is -3.94. The molecule has 3 aromatic rings. The van der Waals surface area contributed by atoms with Crippen LogP contribution < -0.4 is 14.2 Å². The maximum atomic E-state index is 12.6. The van der Waals surface area contributed by atoms with Gasteiger partial charge >= 0.3 is 0 Å². The molecule has 1 aliphatic rings. The van der Waals surface area contributed by atoms with Gasteiger partial charge in [0.15, 0.2) is 0 Å². The number of benzene rings is 3. The van der Waals surface area contributed by atoms with Gasteiger partial charge in [-0.15, -0.1) is 0 Å². The van der Waals surface area contributed by atoms with Gasteiger partial charge in [0.2, 0.25) is 20.0 Å². The Morgan fingerprint density at radius 1 is 0.682 bits per heavy atom. The average Bonchev–Trinajstić information content (AvgIpc) is 3.20. The summed E-state index contributed by atoms with van der Waals surface area (Å²) >= 11 is 0. The molecule has 0 aromatic heterocycles. The van der Waals surface area contributed by atoms with E-state index in [0.717, 1.165) is 50.4 Å². The molecule has 236 valence electrons. The molecule has 44 heavy (non-hydrogen) atoms. The molecular formula is C31H38N4O7S2. The summed E-state index contributed by atoms with van der Waals surface area (Å²) in [5.41, 5.74) is 2.96. The number of sulfonamides is 2. The fraction of sp³-hybridized carbons (Fsp3) is 0.355. The lowest BCUT2D eigenvalue weighted by Gasteiger charge is -2.23. The van der Waals surface area contributed by atoms with Crippen LogP contribution in [0.1, 0.15) is 45.5 Å². The number of imide groups is 1. The summed E-state index contributed by atoms with van der Waals surface area (Å²) in [6.07, 6.45) is 5.37. The van der Waals surface area contributed by atoms with Crippen LogP contribution >= 0.6 is 0 Å². The van der Waals surface area contributed by atoms with Crippen molar-refractivity contribution in [2.45, 2.75) is 25.7 Å². The highest BCUT2D eigenvalue weighted by Crippen LogP contribution is 2.23. The third kappa shape index (κ3) is 10.1. The van der Waals surface area contributed by atoms with Crippen LogP contribution in [0.25, 0.3) is 0 Å². The molecule has 13 heteroatoms. The molecule has 0 saturated carbocycles. The molecule has 0 saturated heterocycles. The Labute approximate surface area is 259 Å². The van der Waals surface area contributed by atoms with E-state index in [1.165, 1.54) is 4.90 Å². The van der Waals surface area contributed by atoms with Crippen LogP contribution in [0, 0.1) is 0 Å². The minimum atomic E-state index is -3.36. The summed E-state index contributed by atoms with van der Waals surface area (Å²) in [4.78, 5) is 28.9. The van der Waals surface area contributed by atoms with Gasteiger partial charge in [-0.05, 0) is 79.9 Å². The zero-order valence-corrected chi connectivity index (χ0v) is 26.5. The first kappa shape index (κ1) is 33.0. The molecule has 0 bridgehead atoms. The van der Waals surface area contributed by atoms with Crippen LogP contribution in [0.5, 0.6) is 5.75 Å². The molecule has 4 rings (SSSR count). The molecular weight excluding hydrogens is 604 g/mol. The molecule has 1 aliphatic heterocycles. The maximum Gasteiger partial charge on any atom is 0.261 e. The molecule has 2 N–H and O–H groups in total. The van der Waals surface area contributed by atoms with Crippen molar-refractivity contribution in [2.24, 2.45) is 0 Å². The Bertz CT molecular complexity index is 1620. The molecule has 0 fully saturated rings. The maximum absolute atomic E-state index is 12.6. The summed E-state index contributed by atoms with van der Waals surface area (Å²) in [6, 6.07) is 20.9. The van der Waals surface area contributed by atoms with Crippen LogP contribution in [-0.4, -0.2) is 83.7 Å². The summed E-state index contributed by atoms with van der Waals surface area (Å²) in [7, 11) is -6.70. The van der Waals surface area contributed by atoms with Crippen LogP contribution in [-0.2, 0) is 26.5 Å². The summed E-state index contributed by atoms with van der Waals surface area (Å²) in [5.74, 6) is 0.156. The van der Waals surface area contributed by atoms with Crippen molar-refractivity contribution >= 4 is 43.2 Å². The number of unbranched alkanes of at least 4 members (excludes halogenated alkanes) is 2. The second-order valence-electron chi connectivity index (χ2n) is 10.8. The Morgan fingerprint density at radius 2 is 1.23 bits per heavy atom. The van der Waals surface area contributed by atoms with Crippen LogP contribution in [0.15, 0.2) is 72.8 Å². The van der Waals surface area contributed by atoms with Crippen molar-refractivity contribution in [1.82, 2.24) is 9.80 Å². The van der Waals surface area contributed by atoms with E-state index in [2.05, 4.69) is 14.3 Å². The minimum Gasteiger partial charge on any atom is -0.492 e. The van der Waals surface area contributed by atoms with Crippen molar-refractivity contribution in [3.05, 3.63) is 89.5 Å². The lowest BCUT2D eigenvalue weighted by Crippen LogP contribution is -2.32. The number of fused-ring (bicyclic) bond motifs is 1. The van der Waals surface area contributed by atoms with Crippen molar-refractivity contribution in [2.75, 3.05) is 54.7 Å². The highest BCUT2D eigenvalue weighted by atomic mass is 32.2. The fourth-order valence-electron chi connectivity index (χ4n) is 4.93. The first-order valence-corrected chi connectivity index (χ1v) is 18.1. The van der Waals surface area contributed by atoms with Gasteiger partial charge in [0.1, 0.15) is 12.4 Å². The number of hydrogen-bond donors (Lipinski definition) is 2. The first-order chi connectivity index (χ1) is 20.9. The zero-order valence-electron chi connectivity index (χ0n) is 24.9. The molecule has 0 unspecified atom stereocenters. The monoisotopic (exact) mass is 642 g/mol. The highest BCUT2D eigenvalue weighted by molar-refractivity contribution is 7.92. The predicted octanol–water partition coefficient (Wildman–Crippen LogP) is 3.82. The number of carbonyl (C=O) groups excluding carboxylic acids is 2. The predicted molar refractivity (Wildman–Crippen MR) is 171 cm³/mol. The minimum absolute atomic E-state index is 0.234. The Kier molecular flexibility index (Phi) is 11.0. The van der Waals surface area contributed by atoms with E-state index in [0.29, 0.717) is 54.4 Å². The van der Waals surface area contributed by atoms with Crippen LogP contribution in [0.3, 0.4) is 0 Å². The van der Waals surface area contributed by atoms with E-state index in [9.17, 15) is 26.4 Å². The van der Waals surface area contributed by atoms with E-state index < -0.39 is 20.0 Å². The molecule has 0 radical (unpaired) electrons. The Balaban J connectivity index is 1.28. The average molecular weight is 643 g/mol. The lowest BCUT2D eigenvalue weighted by atomic mass is 10.1. The van der Waals surface area contributed by atoms with Gasteiger partial charge in [-0.2, -0.15) is 0 Å². The molecule has 11 nitrogen and oxygen atoms in total. The van der Waals surface area contributed by atoms with Gasteiger partial charge in [-0.25, -0.2) is 16.8 Å². The number of carbonyl (C=O) groups is 2. The number of nitrogens with one attached hydrogen (secondary N) is 2. The second kappa shape index (κ2) is 14.7. The van der Waals surface area contributed by atoms with Gasteiger partial charge in [0, 0.05) is 31.0 Å². The SMILES string of the molecule is CS(=O)(=O)Nc1ccc(CCN(CCCCCN2C(=O)c3ccccc3C2=O)CCOc2ccc(NS(C)(=O)=O)cc2)cc1. The van der Waals surface area contributed by atoms with Gasteiger partial charge in [-0.3, -0.25) is 28.8 Å². The normalized spacial score (nSPS) is 13.3. The first-order valence-electron chi connectivity index (χ1n) is 14.3. The molecule has 0 aliphatic carbocycles. The number of amides is 2. The van der Waals surface area contributed by atoms with Gasteiger partial charge in [0.05, 0.1) is 23.6 Å². The lowest BCUT2D eigenvalue weighted by molar-refractivity contribution is 0.0651. The van der Waals surface area contributed by atoms with Crippen molar-refractivity contribution < 1.29 is 31.2 Å². The Morgan fingerprint density at radius 3 is 1.77 bits per heavy atom. The molecule has 3 aromatic carbocycles. The van der Waals surface area contributed by atoms with Crippen LogP contribution in [0.2, 0.25) is 0 Å². The van der Waals surface area contributed by atoms with E-state index >= 15 is 0 Å².